The van der Waals surface area contributed by atoms with Crippen LogP contribution in [-0.2, 0) is 5.54 Å². The molecule has 0 fully saturated rings. The van der Waals surface area contributed by atoms with E-state index >= 15 is 0 Å². The largest absolute Gasteiger partial charge is 0.438 e. The number of oxazole rings is 1. The van der Waals surface area contributed by atoms with Crippen molar-refractivity contribution < 1.29 is 9.21 Å². The Morgan fingerprint density at radius 3 is 2.52 bits per heavy atom. The number of carbonyl (C=O) groups is 1. The van der Waals surface area contributed by atoms with E-state index in [1.165, 1.54) is 0 Å². The van der Waals surface area contributed by atoms with E-state index in [-0.39, 0.29) is 11.8 Å². The minimum Gasteiger partial charge on any atom is -0.438 e. The van der Waals surface area contributed by atoms with E-state index in [1.54, 1.807) is 4.90 Å². The lowest BCUT2D eigenvalue weighted by molar-refractivity contribution is 0.0549. The molecule has 1 aliphatic heterocycles. The Labute approximate surface area is 134 Å². The Hall–Kier alpha value is -2.62. The van der Waals surface area contributed by atoms with Crippen molar-refractivity contribution in [2.75, 3.05) is 7.05 Å². The number of nitrogens with zero attached hydrogens (tertiary/aromatic N) is 2. The molecule has 0 aliphatic carbocycles. The van der Waals surface area contributed by atoms with Crippen LogP contribution < -0.4 is 0 Å². The SMILES string of the molecule is CC(C)C1(c2nc3ccccc3o2)c2ccccc2C(=O)N1C. The summed E-state index contributed by atoms with van der Waals surface area (Å²) in [5.74, 6) is 0.708. The molecule has 3 aromatic rings. The molecule has 2 heterocycles. The molecule has 1 aromatic heterocycles. The van der Waals surface area contributed by atoms with E-state index in [0.29, 0.717) is 5.89 Å². The molecule has 0 bridgehead atoms. The van der Waals surface area contributed by atoms with Gasteiger partial charge in [-0.2, -0.15) is 0 Å². The van der Waals surface area contributed by atoms with Crippen LogP contribution in [0.4, 0.5) is 0 Å². The highest BCUT2D eigenvalue weighted by Gasteiger charge is 2.54. The van der Waals surface area contributed by atoms with Gasteiger partial charge in [0.05, 0.1) is 0 Å². The van der Waals surface area contributed by atoms with Crippen molar-refractivity contribution >= 4 is 17.0 Å². The summed E-state index contributed by atoms with van der Waals surface area (Å²) in [4.78, 5) is 19.2. The molecule has 4 heteroatoms. The number of rotatable bonds is 2. The number of hydrogen-bond acceptors (Lipinski definition) is 3. The predicted molar refractivity (Wildman–Crippen MR) is 88.2 cm³/mol. The van der Waals surface area contributed by atoms with E-state index in [9.17, 15) is 4.79 Å². The highest BCUT2D eigenvalue weighted by Crippen LogP contribution is 2.48. The molecule has 1 atom stereocenters. The number of hydrogen-bond donors (Lipinski definition) is 0. The van der Waals surface area contributed by atoms with Crippen LogP contribution in [0.25, 0.3) is 11.1 Å². The number of para-hydroxylation sites is 2. The van der Waals surface area contributed by atoms with Crippen molar-refractivity contribution in [1.82, 2.24) is 9.88 Å². The van der Waals surface area contributed by atoms with Gasteiger partial charge in [0, 0.05) is 18.2 Å². The fraction of sp³-hybridized carbons (Fsp3) is 0.263. The van der Waals surface area contributed by atoms with Crippen molar-refractivity contribution in [2.24, 2.45) is 5.92 Å². The first-order chi connectivity index (χ1) is 11.1. The number of aromatic nitrogens is 1. The van der Waals surface area contributed by atoms with Gasteiger partial charge in [0.1, 0.15) is 11.1 Å². The molecule has 0 spiro atoms. The summed E-state index contributed by atoms with van der Waals surface area (Å²) in [6.45, 7) is 4.20. The van der Waals surface area contributed by atoms with Crippen LogP contribution in [-0.4, -0.2) is 22.8 Å². The van der Waals surface area contributed by atoms with Crippen LogP contribution >= 0.6 is 0 Å². The number of fused-ring (bicyclic) bond motifs is 2. The Morgan fingerprint density at radius 1 is 1.09 bits per heavy atom. The zero-order valence-electron chi connectivity index (χ0n) is 13.4. The summed E-state index contributed by atoms with van der Waals surface area (Å²) in [6.07, 6.45) is 0. The van der Waals surface area contributed by atoms with Crippen LogP contribution in [0.3, 0.4) is 0 Å². The Balaban J connectivity index is 2.06. The normalized spacial score (nSPS) is 20.5. The average molecular weight is 306 g/mol. The minimum atomic E-state index is -0.674. The number of amides is 1. The second-order valence-electron chi connectivity index (χ2n) is 6.32. The number of carbonyl (C=O) groups excluding carboxylic acids is 1. The molecule has 116 valence electrons. The molecular formula is C19H18N2O2. The molecule has 1 aliphatic rings. The van der Waals surface area contributed by atoms with E-state index in [2.05, 4.69) is 13.8 Å². The lowest BCUT2D eigenvalue weighted by Crippen LogP contribution is -2.46. The minimum absolute atomic E-state index is 0.0107. The standard InChI is InChI=1S/C19H18N2O2/c1-12(2)19(18-20-15-10-6-7-11-16(15)23-18)14-9-5-4-8-13(14)17(22)21(19)3/h4-12H,1-3H3. The molecule has 0 saturated heterocycles. The molecule has 4 nitrogen and oxygen atoms in total. The van der Waals surface area contributed by atoms with Crippen LogP contribution in [0.1, 0.15) is 35.7 Å². The monoisotopic (exact) mass is 306 g/mol. The second-order valence-corrected chi connectivity index (χ2v) is 6.32. The topological polar surface area (TPSA) is 46.3 Å². The maximum Gasteiger partial charge on any atom is 0.255 e. The quantitative estimate of drug-likeness (QED) is 0.723. The third-order valence-corrected chi connectivity index (χ3v) is 4.86. The fourth-order valence-electron chi connectivity index (χ4n) is 3.76. The smallest absolute Gasteiger partial charge is 0.255 e. The Bertz CT molecular complexity index is 879. The van der Waals surface area contributed by atoms with E-state index in [1.807, 2.05) is 55.6 Å². The van der Waals surface area contributed by atoms with E-state index in [4.69, 9.17) is 9.40 Å². The molecule has 1 unspecified atom stereocenters. The zero-order valence-corrected chi connectivity index (χ0v) is 13.4. The number of benzene rings is 2. The van der Waals surface area contributed by atoms with Crippen LogP contribution in [0.5, 0.6) is 0 Å². The van der Waals surface area contributed by atoms with Gasteiger partial charge in [-0.25, -0.2) is 4.98 Å². The first kappa shape index (κ1) is 14.0. The van der Waals surface area contributed by atoms with Gasteiger partial charge >= 0.3 is 0 Å². The lowest BCUT2D eigenvalue weighted by atomic mass is 9.79. The van der Waals surface area contributed by atoms with Crippen molar-refractivity contribution in [3.63, 3.8) is 0 Å². The maximum atomic E-state index is 12.8. The van der Waals surface area contributed by atoms with Crippen molar-refractivity contribution in [2.45, 2.75) is 19.4 Å². The summed E-state index contributed by atoms with van der Waals surface area (Å²) >= 11 is 0. The first-order valence-electron chi connectivity index (χ1n) is 7.80. The van der Waals surface area contributed by atoms with Crippen molar-refractivity contribution in [3.05, 3.63) is 65.5 Å². The molecular weight excluding hydrogens is 288 g/mol. The lowest BCUT2D eigenvalue weighted by Gasteiger charge is -2.37. The first-order valence-corrected chi connectivity index (χ1v) is 7.80. The summed E-state index contributed by atoms with van der Waals surface area (Å²) in [5, 5.41) is 0. The summed E-state index contributed by atoms with van der Waals surface area (Å²) < 4.78 is 6.09. The summed E-state index contributed by atoms with van der Waals surface area (Å²) in [6, 6.07) is 15.4. The summed E-state index contributed by atoms with van der Waals surface area (Å²) in [5.41, 5.74) is 2.58. The van der Waals surface area contributed by atoms with Gasteiger partial charge in [0.2, 0.25) is 5.89 Å². The van der Waals surface area contributed by atoms with Gasteiger partial charge in [0.15, 0.2) is 5.58 Å². The third kappa shape index (κ3) is 1.66. The Morgan fingerprint density at radius 2 is 1.78 bits per heavy atom. The second kappa shape index (κ2) is 4.69. The fourth-order valence-corrected chi connectivity index (χ4v) is 3.76. The van der Waals surface area contributed by atoms with Gasteiger partial charge in [-0.05, 0) is 24.1 Å². The van der Waals surface area contributed by atoms with Gasteiger partial charge < -0.3 is 9.32 Å². The summed E-state index contributed by atoms with van der Waals surface area (Å²) in [7, 11) is 1.83. The Kier molecular flexibility index (Phi) is 2.85. The maximum absolute atomic E-state index is 12.8. The van der Waals surface area contributed by atoms with E-state index < -0.39 is 5.54 Å². The molecule has 0 N–H and O–H groups in total. The molecule has 0 saturated carbocycles. The molecule has 2 aromatic carbocycles. The molecule has 1 amide bonds. The molecule has 23 heavy (non-hydrogen) atoms. The van der Waals surface area contributed by atoms with Crippen LogP contribution in [0, 0.1) is 5.92 Å². The van der Waals surface area contributed by atoms with Gasteiger partial charge in [-0.3, -0.25) is 4.79 Å². The van der Waals surface area contributed by atoms with Crippen molar-refractivity contribution in [3.8, 4) is 0 Å². The highest BCUT2D eigenvalue weighted by atomic mass is 16.4. The van der Waals surface area contributed by atoms with Crippen LogP contribution in [0.2, 0.25) is 0 Å². The van der Waals surface area contributed by atoms with Gasteiger partial charge in [-0.15, -0.1) is 0 Å². The van der Waals surface area contributed by atoms with Crippen LogP contribution in [0.15, 0.2) is 52.9 Å². The third-order valence-electron chi connectivity index (χ3n) is 4.86. The molecule has 4 rings (SSSR count). The zero-order chi connectivity index (χ0) is 16.2. The highest BCUT2D eigenvalue weighted by molar-refractivity contribution is 6.00. The average Bonchev–Trinajstić information content (AvgIpc) is 3.07. The van der Waals surface area contributed by atoms with E-state index in [0.717, 1.165) is 22.2 Å². The van der Waals surface area contributed by atoms with Gasteiger partial charge in [-0.1, -0.05) is 44.2 Å². The van der Waals surface area contributed by atoms with Crippen molar-refractivity contribution in [1.29, 1.82) is 0 Å². The molecule has 0 radical (unpaired) electrons. The van der Waals surface area contributed by atoms with Gasteiger partial charge in [0.25, 0.3) is 5.91 Å². The predicted octanol–water partition coefficient (Wildman–Crippen LogP) is 3.81.